The molecule has 22 heavy (non-hydrogen) atoms. The van der Waals surface area contributed by atoms with E-state index in [1.54, 1.807) is 7.11 Å². The zero-order valence-electron chi connectivity index (χ0n) is 13.1. The van der Waals surface area contributed by atoms with Gasteiger partial charge >= 0.3 is 0 Å². The van der Waals surface area contributed by atoms with Crippen LogP contribution >= 0.6 is 12.2 Å². The highest BCUT2D eigenvalue weighted by Gasteiger charge is 2.32. The van der Waals surface area contributed by atoms with E-state index >= 15 is 0 Å². The van der Waals surface area contributed by atoms with Gasteiger partial charge < -0.3 is 20.7 Å². The van der Waals surface area contributed by atoms with E-state index in [4.69, 9.17) is 22.7 Å². The van der Waals surface area contributed by atoms with Crippen molar-refractivity contribution in [1.82, 2.24) is 10.2 Å². The molecule has 0 bridgehead atoms. The van der Waals surface area contributed by atoms with E-state index in [2.05, 4.69) is 35.5 Å². The molecule has 1 unspecified atom stereocenters. The Morgan fingerprint density at radius 3 is 2.82 bits per heavy atom. The summed E-state index contributed by atoms with van der Waals surface area (Å²) < 4.78 is 5.42. The summed E-state index contributed by atoms with van der Waals surface area (Å²) in [6, 6.07) is 8.10. The highest BCUT2D eigenvalue weighted by molar-refractivity contribution is 7.80. The van der Waals surface area contributed by atoms with Crippen LogP contribution in [0.3, 0.4) is 0 Å². The average molecular weight is 317 g/mol. The van der Waals surface area contributed by atoms with Crippen LogP contribution in [0.5, 0.6) is 5.75 Å². The highest BCUT2D eigenvalue weighted by Crippen LogP contribution is 2.25. The molecule has 118 valence electrons. The minimum absolute atomic E-state index is 0.309. The Morgan fingerprint density at radius 1 is 1.36 bits per heavy atom. The summed E-state index contributed by atoms with van der Waals surface area (Å²) in [7, 11) is 1.70. The maximum Gasteiger partial charge on any atom is 0.165 e. The van der Waals surface area contributed by atoms with E-state index in [1.165, 1.54) is 5.56 Å². The Kier molecular flexibility index (Phi) is 5.44. The van der Waals surface area contributed by atoms with Gasteiger partial charge in [0.25, 0.3) is 0 Å². The molecule has 5 heteroatoms. The normalized spacial score (nSPS) is 20.0. The summed E-state index contributed by atoms with van der Waals surface area (Å²) in [5, 5.41) is 3.54. The van der Waals surface area contributed by atoms with Gasteiger partial charge in [-0.05, 0) is 48.8 Å². The average Bonchev–Trinajstić information content (AvgIpc) is 2.53. The first-order chi connectivity index (χ1) is 10.6. The minimum atomic E-state index is -0.359. The van der Waals surface area contributed by atoms with Crippen LogP contribution in [-0.2, 0) is 6.42 Å². The lowest BCUT2D eigenvalue weighted by molar-refractivity contribution is 0.171. The number of para-hydroxylation sites is 1. The molecule has 2 rings (SSSR count). The Balaban J connectivity index is 2.14. The number of hydrogen-bond donors (Lipinski definition) is 2. The second-order valence-electron chi connectivity index (χ2n) is 5.22. The molecule has 1 aliphatic rings. The molecule has 1 atom stereocenters. The van der Waals surface area contributed by atoms with Crippen molar-refractivity contribution in [3.63, 3.8) is 0 Å². The van der Waals surface area contributed by atoms with Gasteiger partial charge in [0, 0.05) is 12.7 Å². The van der Waals surface area contributed by atoms with Crippen molar-refractivity contribution in [3.05, 3.63) is 54.3 Å². The molecule has 0 aromatic heterocycles. The van der Waals surface area contributed by atoms with Crippen LogP contribution in [0.1, 0.15) is 18.9 Å². The zero-order valence-corrected chi connectivity index (χ0v) is 13.9. The molecule has 1 aromatic carbocycles. The van der Waals surface area contributed by atoms with Gasteiger partial charge in [-0.3, -0.25) is 0 Å². The molecule has 0 radical (unpaired) electrons. The van der Waals surface area contributed by atoms with Crippen LogP contribution in [0, 0.1) is 0 Å². The highest BCUT2D eigenvalue weighted by atomic mass is 32.1. The summed E-state index contributed by atoms with van der Waals surface area (Å²) in [5.41, 5.74) is 6.54. The third-order valence-electron chi connectivity index (χ3n) is 3.95. The lowest BCUT2D eigenvalue weighted by Crippen LogP contribution is -2.59. The van der Waals surface area contributed by atoms with Crippen molar-refractivity contribution in [3.8, 4) is 5.75 Å². The summed E-state index contributed by atoms with van der Waals surface area (Å²) in [5.74, 6) is 0.920. The van der Waals surface area contributed by atoms with E-state index in [1.807, 2.05) is 30.4 Å². The van der Waals surface area contributed by atoms with Crippen molar-refractivity contribution < 1.29 is 4.74 Å². The fourth-order valence-electron chi connectivity index (χ4n) is 2.76. The van der Waals surface area contributed by atoms with Crippen molar-refractivity contribution >= 4 is 17.3 Å². The first kappa shape index (κ1) is 16.4. The van der Waals surface area contributed by atoms with Crippen LogP contribution in [-0.4, -0.2) is 29.3 Å². The van der Waals surface area contributed by atoms with Crippen LogP contribution in [0.4, 0.5) is 0 Å². The number of nitrogens with one attached hydrogen (secondary N) is 1. The molecule has 4 nitrogen and oxygen atoms in total. The second-order valence-corrected chi connectivity index (χ2v) is 5.66. The molecular formula is C17H23N3OS. The number of methoxy groups -OCH3 is 1. The van der Waals surface area contributed by atoms with Gasteiger partial charge in [-0.2, -0.15) is 0 Å². The zero-order chi connectivity index (χ0) is 16.0. The first-order valence-corrected chi connectivity index (χ1v) is 7.84. The van der Waals surface area contributed by atoms with Gasteiger partial charge in [0.2, 0.25) is 0 Å². The van der Waals surface area contributed by atoms with Gasteiger partial charge in [-0.15, -0.1) is 0 Å². The van der Waals surface area contributed by atoms with Gasteiger partial charge in [0.05, 0.1) is 7.11 Å². The Bertz CT molecular complexity index is 585. The lowest BCUT2D eigenvalue weighted by Gasteiger charge is -2.43. The Hall–Kier alpha value is -2.01. The van der Waals surface area contributed by atoms with Gasteiger partial charge in [0.1, 0.15) is 11.4 Å². The first-order valence-electron chi connectivity index (χ1n) is 7.43. The quantitative estimate of drug-likeness (QED) is 0.790. The molecule has 0 spiro atoms. The van der Waals surface area contributed by atoms with Gasteiger partial charge in [-0.25, -0.2) is 0 Å². The third-order valence-corrected chi connectivity index (χ3v) is 4.06. The minimum Gasteiger partial charge on any atom is -0.496 e. The molecule has 0 amide bonds. The largest absolute Gasteiger partial charge is 0.496 e. The van der Waals surface area contributed by atoms with E-state index in [9.17, 15) is 0 Å². The number of benzene rings is 1. The van der Waals surface area contributed by atoms with E-state index in [0.29, 0.717) is 5.11 Å². The summed E-state index contributed by atoms with van der Waals surface area (Å²) in [6.07, 6.45) is 9.96. The summed E-state index contributed by atoms with van der Waals surface area (Å²) in [4.78, 5) is 2.23. The molecule has 1 heterocycles. The number of thiocarbonyl (C=S) groups is 1. The van der Waals surface area contributed by atoms with Crippen LogP contribution in [0.25, 0.3) is 0 Å². The number of nitrogens with two attached hydrogens (primary N) is 1. The summed E-state index contributed by atoms with van der Waals surface area (Å²) in [6.45, 7) is 2.95. The van der Waals surface area contributed by atoms with E-state index < -0.39 is 0 Å². The van der Waals surface area contributed by atoms with Crippen molar-refractivity contribution in [2.75, 3.05) is 13.7 Å². The third kappa shape index (κ3) is 3.60. The van der Waals surface area contributed by atoms with Crippen LogP contribution in [0.15, 0.2) is 48.7 Å². The molecule has 1 aromatic rings. The number of nitrogens with zero attached hydrogens (tertiary/aromatic N) is 1. The molecular weight excluding hydrogens is 294 g/mol. The number of allylic oxidation sites excluding steroid dienone is 2. The fraction of sp³-hybridized carbons (Fsp3) is 0.353. The molecule has 3 N–H and O–H groups in total. The number of ether oxygens (including phenoxy) is 1. The molecule has 0 fully saturated rings. The second kappa shape index (κ2) is 7.31. The summed E-state index contributed by atoms with van der Waals surface area (Å²) >= 11 is 5.05. The molecule has 0 aliphatic carbocycles. The Morgan fingerprint density at radius 2 is 2.14 bits per heavy atom. The van der Waals surface area contributed by atoms with Crippen molar-refractivity contribution in [2.45, 2.75) is 25.4 Å². The predicted octanol–water partition coefficient (Wildman–Crippen LogP) is 2.56. The monoisotopic (exact) mass is 317 g/mol. The van der Waals surface area contributed by atoms with Gasteiger partial charge in [0.15, 0.2) is 5.11 Å². The maximum absolute atomic E-state index is 5.71. The van der Waals surface area contributed by atoms with Gasteiger partial charge in [-0.1, -0.05) is 31.2 Å². The molecule has 1 aliphatic heterocycles. The Labute approximate surface area is 137 Å². The smallest absolute Gasteiger partial charge is 0.165 e. The lowest BCUT2D eigenvalue weighted by atomic mass is 10.0. The number of hydrogen-bond acceptors (Lipinski definition) is 3. The standard InChI is InChI=1S/C17H23N3OS/c1-3-17(19-16(18)22)11-6-7-12-20(17)13-10-14-8-4-5-9-15(14)21-2/h4-9,11-12H,3,10,13H2,1-2H3,(H3,18,19,22). The predicted molar refractivity (Wildman–Crippen MR) is 94.6 cm³/mol. The topological polar surface area (TPSA) is 50.5 Å². The SMILES string of the molecule is CCC1(NC(N)=S)C=CC=CN1CCc1ccccc1OC. The van der Waals surface area contributed by atoms with Crippen LogP contribution in [0.2, 0.25) is 0 Å². The fourth-order valence-corrected chi connectivity index (χ4v) is 2.93. The maximum atomic E-state index is 5.71. The van der Waals surface area contributed by atoms with E-state index in [0.717, 1.165) is 25.1 Å². The van der Waals surface area contributed by atoms with Crippen LogP contribution < -0.4 is 15.8 Å². The van der Waals surface area contributed by atoms with Crippen molar-refractivity contribution in [2.24, 2.45) is 5.73 Å². The molecule has 0 saturated carbocycles. The van der Waals surface area contributed by atoms with Crippen molar-refractivity contribution in [1.29, 1.82) is 0 Å². The van der Waals surface area contributed by atoms with E-state index in [-0.39, 0.29) is 5.66 Å². The molecule has 0 saturated heterocycles. The number of rotatable bonds is 6.